The van der Waals surface area contributed by atoms with Crippen LogP contribution in [0.15, 0.2) is 22.8 Å². The third-order valence-electron chi connectivity index (χ3n) is 3.58. The first-order chi connectivity index (χ1) is 9.75. The first-order valence-electron chi connectivity index (χ1n) is 7.37. The van der Waals surface area contributed by atoms with Gasteiger partial charge in [0.1, 0.15) is 0 Å². The summed E-state index contributed by atoms with van der Waals surface area (Å²) in [6, 6.07) is 3.64. The van der Waals surface area contributed by atoms with Gasteiger partial charge < -0.3 is 15.1 Å². The predicted octanol–water partition coefficient (Wildman–Crippen LogP) is 2.24. The molecule has 110 valence electrons. The van der Waals surface area contributed by atoms with Gasteiger partial charge in [0.2, 0.25) is 5.91 Å². The first kappa shape index (κ1) is 14.6. The van der Waals surface area contributed by atoms with Gasteiger partial charge >= 0.3 is 0 Å². The lowest BCUT2D eigenvalue weighted by Gasteiger charge is -2.22. The smallest absolute Gasteiger partial charge is 0.286 e. The molecule has 1 saturated carbocycles. The fraction of sp³-hybridized carbons (Fsp3) is 0.600. The van der Waals surface area contributed by atoms with E-state index in [0.29, 0.717) is 31.2 Å². The van der Waals surface area contributed by atoms with Gasteiger partial charge in [-0.1, -0.05) is 19.3 Å². The Morgan fingerprint density at radius 2 is 2.05 bits per heavy atom. The number of hydrogen-bond acceptors (Lipinski definition) is 3. The summed E-state index contributed by atoms with van der Waals surface area (Å²) in [6.45, 7) is 0.484. The molecule has 0 atom stereocenters. The molecule has 2 amide bonds. The fourth-order valence-electron chi connectivity index (χ4n) is 2.49. The SMILES string of the molecule is O=C(CCCNC(=O)c1ccco1)NC1CCCCC1. The molecule has 1 aliphatic rings. The van der Waals surface area contributed by atoms with Gasteiger partial charge in [-0.3, -0.25) is 9.59 Å². The van der Waals surface area contributed by atoms with Crippen LogP contribution >= 0.6 is 0 Å². The molecule has 1 fully saturated rings. The zero-order chi connectivity index (χ0) is 14.2. The summed E-state index contributed by atoms with van der Waals surface area (Å²) in [6.07, 6.45) is 8.47. The number of nitrogens with one attached hydrogen (secondary N) is 2. The average Bonchev–Trinajstić information content (AvgIpc) is 2.99. The lowest BCUT2D eigenvalue weighted by Crippen LogP contribution is -2.36. The van der Waals surface area contributed by atoms with Crippen LogP contribution in [-0.4, -0.2) is 24.4 Å². The highest BCUT2D eigenvalue weighted by molar-refractivity contribution is 5.91. The lowest BCUT2D eigenvalue weighted by atomic mass is 9.95. The maximum atomic E-state index is 11.7. The Balaban J connectivity index is 1.56. The maximum absolute atomic E-state index is 11.7. The second-order valence-corrected chi connectivity index (χ2v) is 5.24. The fourth-order valence-corrected chi connectivity index (χ4v) is 2.49. The van der Waals surface area contributed by atoms with Gasteiger partial charge in [0.25, 0.3) is 5.91 Å². The van der Waals surface area contributed by atoms with Crippen molar-refractivity contribution in [3.05, 3.63) is 24.2 Å². The highest BCUT2D eigenvalue weighted by atomic mass is 16.3. The first-order valence-corrected chi connectivity index (χ1v) is 7.37. The van der Waals surface area contributed by atoms with E-state index in [4.69, 9.17) is 4.42 Å². The molecule has 2 rings (SSSR count). The van der Waals surface area contributed by atoms with Gasteiger partial charge in [0.15, 0.2) is 5.76 Å². The molecule has 1 aromatic rings. The number of rotatable bonds is 6. The van der Waals surface area contributed by atoms with E-state index < -0.39 is 0 Å². The number of carbonyl (C=O) groups excluding carboxylic acids is 2. The van der Waals surface area contributed by atoms with Crippen LogP contribution in [0.5, 0.6) is 0 Å². The minimum absolute atomic E-state index is 0.0872. The van der Waals surface area contributed by atoms with Crippen LogP contribution in [0.4, 0.5) is 0 Å². The van der Waals surface area contributed by atoms with Crippen LogP contribution < -0.4 is 10.6 Å². The molecule has 0 radical (unpaired) electrons. The molecular weight excluding hydrogens is 256 g/mol. The van der Waals surface area contributed by atoms with Gasteiger partial charge in [-0.05, 0) is 31.4 Å². The van der Waals surface area contributed by atoms with Crippen molar-refractivity contribution >= 4 is 11.8 Å². The third kappa shape index (κ3) is 4.72. The summed E-state index contributed by atoms with van der Waals surface area (Å²) < 4.78 is 4.98. The largest absolute Gasteiger partial charge is 0.459 e. The van der Waals surface area contributed by atoms with E-state index in [0.717, 1.165) is 12.8 Å². The summed E-state index contributed by atoms with van der Waals surface area (Å²) in [5.74, 6) is 0.156. The normalized spacial score (nSPS) is 15.8. The molecule has 0 aromatic carbocycles. The molecule has 1 heterocycles. The van der Waals surface area contributed by atoms with Gasteiger partial charge in [-0.25, -0.2) is 0 Å². The number of amides is 2. The van der Waals surface area contributed by atoms with Gasteiger partial charge in [-0.2, -0.15) is 0 Å². The molecule has 2 N–H and O–H groups in total. The van der Waals surface area contributed by atoms with E-state index >= 15 is 0 Å². The van der Waals surface area contributed by atoms with Crippen molar-refractivity contribution in [3.63, 3.8) is 0 Å². The Kier molecular flexibility index (Phi) is 5.65. The summed E-state index contributed by atoms with van der Waals surface area (Å²) in [7, 11) is 0. The second-order valence-electron chi connectivity index (χ2n) is 5.24. The zero-order valence-electron chi connectivity index (χ0n) is 11.7. The predicted molar refractivity (Wildman–Crippen MR) is 75.3 cm³/mol. The molecule has 0 saturated heterocycles. The Hall–Kier alpha value is -1.78. The average molecular weight is 278 g/mol. The van der Waals surface area contributed by atoms with Crippen LogP contribution in [0.2, 0.25) is 0 Å². The van der Waals surface area contributed by atoms with Crippen molar-refractivity contribution in [1.82, 2.24) is 10.6 Å². The van der Waals surface area contributed by atoms with Gasteiger partial charge in [0, 0.05) is 19.0 Å². The topological polar surface area (TPSA) is 71.3 Å². The van der Waals surface area contributed by atoms with E-state index in [1.807, 2.05) is 0 Å². The summed E-state index contributed by atoms with van der Waals surface area (Å²) >= 11 is 0. The van der Waals surface area contributed by atoms with Crippen molar-refractivity contribution in [1.29, 1.82) is 0 Å². The number of furan rings is 1. The molecule has 0 unspecified atom stereocenters. The highest BCUT2D eigenvalue weighted by Gasteiger charge is 2.15. The van der Waals surface area contributed by atoms with E-state index in [9.17, 15) is 9.59 Å². The molecule has 5 heteroatoms. The van der Waals surface area contributed by atoms with Crippen molar-refractivity contribution in [3.8, 4) is 0 Å². The molecule has 0 spiro atoms. The summed E-state index contributed by atoms with van der Waals surface area (Å²) in [5, 5.41) is 5.80. The van der Waals surface area contributed by atoms with Gasteiger partial charge in [-0.15, -0.1) is 0 Å². The van der Waals surface area contributed by atoms with E-state index in [1.54, 1.807) is 12.1 Å². The van der Waals surface area contributed by atoms with E-state index in [2.05, 4.69) is 10.6 Å². The third-order valence-corrected chi connectivity index (χ3v) is 3.58. The molecule has 1 aromatic heterocycles. The van der Waals surface area contributed by atoms with Crippen molar-refractivity contribution in [2.45, 2.75) is 51.0 Å². The molecular formula is C15H22N2O3. The molecule has 20 heavy (non-hydrogen) atoms. The molecule has 0 aliphatic heterocycles. The molecule has 5 nitrogen and oxygen atoms in total. The van der Waals surface area contributed by atoms with Gasteiger partial charge in [0.05, 0.1) is 6.26 Å². The van der Waals surface area contributed by atoms with Crippen LogP contribution in [0.3, 0.4) is 0 Å². The minimum Gasteiger partial charge on any atom is -0.459 e. The Morgan fingerprint density at radius 1 is 1.25 bits per heavy atom. The van der Waals surface area contributed by atoms with Crippen LogP contribution in [0.1, 0.15) is 55.5 Å². The van der Waals surface area contributed by atoms with Crippen LogP contribution in [0, 0.1) is 0 Å². The monoisotopic (exact) mass is 278 g/mol. The summed E-state index contributed by atoms with van der Waals surface area (Å²) in [5.41, 5.74) is 0. The second kappa shape index (κ2) is 7.72. The Labute approximate surface area is 119 Å². The Bertz CT molecular complexity index is 422. The lowest BCUT2D eigenvalue weighted by molar-refractivity contribution is -0.122. The van der Waals surface area contributed by atoms with E-state index in [-0.39, 0.29) is 11.8 Å². The van der Waals surface area contributed by atoms with Crippen molar-refractivity contribution in [2.75, 3.05) is 6.54 Å². The number of hydrogen-bond donors (Lipinski definition) is 2. The quantitative estimate of drug-likeness (QED) is 0.784. The highest BCUT2D eigenvalue weighted by Crippen LogP contribution is 2.17. The van der Waals surface area contributed by atoms with E-state index in [1.165, 1.54) is 25.5 Å². The Morgan fingerprint density at radius 3 is 2.75 bits per heavy atom. The van der Waals surface area contributed by atoms with Crippen LogP contribution in [-0.2, 0) is 4.79 Å². The van der Waals surface area contributed by atoms with Crippen molar-refractivity contribution < 1.29 is 14.0 Å². The van der Waals surface area contributed by atoms with Crippen molar-refractivity contribution in [2.24, 2.45) is 0 Å². The zero-order valence-corrected chi connectivity index (χ0v) is 11.7. The standard InChI is InChI=1S/C15H22N2O3/c18-14(17-12-6-2-1-3-7-12)9-4-10-16-15(19)13-8-5-11-20-13/h5,8,11-12H,1-4,6-7,9-10H2,(H,16,19)(H,17,18). The number of carbonyl (C=O) groups is 2. The molecule has 0 bridgehead atoms. The minimum atomic E-state index is -0.234. The summed E-state index contributed by atoms with van der Waals surface area (Å²) in [4.78, 5) is 23.3. The van der Waals surface area contributed by atoms with Crippen LogP contribution in [0.25, 0.3) is 0 Å². The maximum Gasteiger partial charge on any atom is 0.286 e. The molecule has 1 aliphatic carbocycles.